The lowest BCUT2D eigenvalue weighted by Gasteiger charge is -2.49. The van der Waals surface area contributed by atoms with Crippen molar-refractivity contribution in [2.45, 2.75) is 44.9 Å². The van der Waals surface area contributed by atoms with Gasteiger partial charge in [-0.2, -0.15) is 0 Å². The molecule has 6 atom stereocenters. The van der Waals surface area contributed by atoms with E-state index in [4.69, 9.17) is 5.11 Å². The van der Waals surface area contributed by atoms with Crippen LogP contribution in [0.15, 0.2) is 60.2 Å². The van der Waals surface area contributed by atoms with Crippen LogP contribution in [0.4, 0.5) is 18.9 Å². The Balaban J connectivity index is 1.48. The molecule has 0 bridgehead atoms. The largest absolute Gasteiger partial charge is 0.573 e. The number of para-hydroxylation sites is 1. The number of hydrogen-bond donors (Lipinski definition) is 2. The maximum atomic E-state index is 14.3. The van der Waals surface area contributed by atoms with Crippen molar-refractivity contribution in [3.05, 3.63) is 65.7 Å². The minimum Gasteiger partial charge on any atom is -0.508 e. The lowest BCUT2D eigenvalue weighted by Crippen LogP contribution is -2.49. The van der Waals surface area contributed by atoms with Crippen molar-refractivity contribution >= 4 is 35.3 Å². The van der Waals surface area contributed by atoms with Crippen molar-refractivity contribution < 1.29 is 52.1 Å². The van der Waals surface area contributed by atoms with Crippen molar-refractivity contribution in [2.75, 3.05) is 11.4 Å². The van der Waals surface area contributed by atoms with Gasteiger partial charge in [-0.05, 0) is 62.4 Å². The highest BCUT2D eigenvalue weighted by atomic mass is 19.4. The number of aromatic hydroxyl groups is 1. The number of aliphatic carboxylic acids is 1. The summed E-state index contributed by atoms with van der Waals surface area (Å²) in [4.78, 5) is 68.7. The maximum Gasteiger partial charge on any atom is 0.573 e. The van der Waals surface area contributed by atoms with Gasteiger partial charge in [-0.1, -0.05) is 29.8 Å². The fourth-order valence-electron chi connectivity index (χ4n) is 7.82. The number of likely N-dealkylation sites (tertiary alicyclic amines) is 1. The minimum atomic E-state index is -5.04. The van der Waals surface area contributed by atoms with E-state index in [0.29, 0.717) is 11.3 Å². The number of nitrogens with zero attached hydrogens (tertiary/aromatic N) is 2. The summed E-state index contributed by atoms with van der Waals surface area (Å²) in [6.45, 7) is 1.45. The van der Waals surface area contributed by atoms with E-state index >= 15 is 0 Å². The molecule has 4 amide bonds. The van der Waals surface area contributed by atoms with E-state index in [0.717, 1.165) is 28.0 Å². The molecule has 45 heavy (non-hydrogen) atoms. The Kier molecular flexibility index (Phi) is 7.24. The summed E-state index contributed by atoms with van der Waals surface area (Å²) in [5.74, 6) is -8.96. The molecule has 2 aliphatic carbocycles. The average molecular weight is 627 g/mol. The topological polar surface area (TPSA) is 142 Å². The van der Waals surface area contributed by atoms with Crippen LogP contribution in [-0.2, 0) is 24.0 Å². The fraction of sp³-hybridized carbons (Fsp3) is 0.406. The van der Waals surface area contributed by atoms with E-state index in [2.05, 4.69) is 4.74 Å². The molecule has 236 valence electrons. The maximum absolute atomic E-state index is 14.3. The number of amides is 4. The molecule has 1 saturated carbocycles. The number of rotatable bonds is 7. The molecule has 2 aliphatic heterocycles. The van der Waals surface area contributed by atoms with Crippen LogP contribution in [0.5, 0.6) is 11.5 Å². The summed E-state index contributed by atoms with van der Waals surface area (Å²) in [5.41, 5.74) is -0.890. The van der Waals surface area contributed by atoms with Gasteiger partial charge in [-0.3, -0.25) is 28.9 Å². The predicted octanol–water partition coefficient (Wildman–Crippen LogP) is 4.39. The zero-order valence-corrected chi connectivity index (χ0v) is 24.0. The third-order valence-electron chi connectivity index (χ3n) is 9.70. The number of imide groups is 2. The SMILES string of the molecule is C[C@@]12C(=O)N(c3ccccc3)C(=O)[C@@H]1C[C@@H]1C(=CC[C@@H]3C(=O)N(CCCC(=O)O)C(=O)[C@@H]31)[C@@H]2c1cc(OC(F)(F)F)ccc1O. The number of phenolic OH excluding ortho intramolecular Hbond substituents is 1. The first-order chi connectivity index (χ1) is 21.2. The van der Waals surface area contributed by atoms with Gasteiger partial charge in [0.1, 0.15) is 11.5 Å². The van der Waals surface area contributed by atoms with Gasteiger partial charge in [0.05, 0.1) is 28.9 Å². The summed E-state index contributed by atoms with van der Waals surface area (Å²) in [5, 5.41) is 20.1. The molecule has 2 saturated heterocycles. The summed E-state index contributed by atoms with van der Waals surface area (Å²) in [6.07, 6.45) is -3.45. The molecular formula is C32H29F3N2O8. The van der Waals surface area contributed by atoms with Crippen LogP contribution in [0.2, 0.25) is 0 Å². The predicted molar refractivity (Wildman–Crippen MR) is 149 cm³/mol. The van der Waals surface area contributed by atoms with E-state index in [1.807, 2.05) is 0 Å². The number of fused-ring (bicyclic) bond motifs is 4. The van der Waals surface area contributed by atoms with Crippen LogP contribution in [0, 0.1) is 29.1 Å². The highest BCUT2D eigenvalue weighted by molar-refractivity contribution is 6.24. The van der Waals surface area contributed by atoms with E-state index < -0.39 is 82.5 Å². The zero-order chi connectivity index (χ0) is 32.4. The Morgan fingerprint density at radius 1 is 1.02 bits per heavy atom. The molecule has 6 rings (SSSR count). The van der Waals surface area contributed by atoms with Crippen molar-refractivity contribution in [2.24, 2.45) is 29.1 Å². The lowest BCUT2D eigenvalue weighted by molar-refractivity contribution is -0.274. The number of halogens is 3. The molecule has 4 aliphatic rings. The number of anilines is 1. The van der Waals surface area contributed by atoms with Crippen LogP contribution in [0.3, 0.4) is 0 Å². The number of alkyl halides is 3. The molecule has 2 heterocycles. The molecule has 0 aromatic heterocycles. The van der Waals surface area contributed by atoms with Gasteiger partial charge in [0, 0.05) is 24.4 Å². The van der Waals surface area contributed by atoms with Crippen LogP contribution < -0.4 is 9.64 Å². The number of carboxylic acid groups (broad SMARTS) is 1. The standard InChI is InChI=1S/C32H29F3N2O8/c1-31-22(28(42)37(30(31)44)16-6-3-2-4-7-16)15-20-18(26(31)21-14-17(9-12-23(21)38)45-32(33,34)35)10-11-19-25(20)29(43)36(27(19)41)13-5-8-24(39)40/h2-4,6-7,9-10,12,14,19-20,22,25-26,38H,5,8,11,13,15H2,1H3,(H,39,40)/t19-,20+,22-,25-,26+,31+/m0/s1. The second-order valence-corrected chi connectivity index (χ2v) is 12.1. The molecule has 0 radical (unpaired) electrons. The van der Waals surface area contributed by atoms with Gasteiger partial charge < -0.3 is 14.9 Å². The van der Waals surface area contributed by atoms with E-state index in [9.17, 15) is 42.3 Å². The number of carbonyl (C=O) groups is 5. The smallest absolute Gasteiger partial charge is 0.508 e. The van der Waals surface area contributed by atoms with Gasteiger partial charge in [0.15, 0.2) is 0 Å². The number of phenols is 1. The first kappa shape index (κ1) is 30.4. The zero-order valence-electron chi connectivity index (χ0n) is 24.0. The third kappa shape index (κ3) is 4.84. The molecule has 13 heteroatoms. The van der Waals surface area contributed by atoms with Crippen LogP contribution >= 0.6 is 0 Å². The van der Waals surface area contributed by atoms with Crippen molar-refractivity contribution in [3.63, 3.8) is 0 Å². The quantitative estimate of drug-likeness (QED) is 0.341. The van der Waals surface area contributed by atoms with Crippen LogP contribution in [0.1, 0.15) is 44.1 Å². The monoisotopic (exact) mass is 626 g/mol. The summed E-state index contributed by atoms with van der Waals surface area (Å²) < 4.78 is 43.8. The van der Waals surface area contributed by atoms with Crippen molar-refractivity contribution in [3.8, 4) is 11.5 Å². The van der Waals surface area contributed by atoms with Gasteiger partial charge in [-0.25, -0.2) is 4.90 Å². The van der Waals surface area contributed by atoms with Crippen LogP contribution in [-0.4, -0.2) is 57.6 Å². The molecule has 0 unspecified atom stereocenters. The summed E-state index contributed by atoms with van der Waals surface area (Å²) in [6, 6.07) is 11.1. The van der Waals surface area contributed by atoms with Crippen LogP contribution in [0.25, 0.3) is 0 Å². The first-order valence-corrected chi connectivity index (χ1v) is 14.5. The Labute approximate surface area is 255 Å². The highest BCUT2D eigenvalue weighted by Crippen LogP contribution is 2.64. The van der Waals surface area contributed by atoms with Gasteiger partial charge in [0.25, 0.3) is 0 Å². The molecule has 0 spiro atoms. The van der Waals surface area contributed by atoms with Crippen molar-refractivity contribution in [1.29, 1.82) is 0 Å². The Morgan fingerprint density at radius 2 is 1.73 bits per heavy atom. The number of ether oxygens (including phenoxy) is 1. The summed E-state index contributed by atoms with van der Waals surface area (Å²) >= 11 is 0. The second kappa shape index (κ2) is 10.7. The Morgan fingerprint density at radius 3 is 2.40 bits per heavy atom. The van der Waals surface area contributed by atoms with E-state index in [-0.39, 0.29) is 37.8 Å². The molecule has 3 fully saturated rings. The molecule has 2 N–H and O–H groups in total. The van der Waals surface area contributed by atoms with Gasteiger partial charge in [0.2, 0.25) is 23.6 Å². The second-order valence-electron chi connectivity index (χ2n) is 12.1. The van der Waals surface area contributed by atoms with E-state index in [1.54, 1.807) is 43.3 Å². The molecule has 2 aromatic rings. The van der Waals surface area contributed by atoms with Gasteiger partial charge >= 0.3 is 12.3 Å². The molecule has 10 nitrogen and oxygen atoms in total. The first-order valence-electron chi connectivity index (χ1n) is 14.5. The average Bonchev–Trinajstić information content (AvgIpc) is 3.33. The number of allylic oxidation sites excluding steroid dienone is 2. The minimum absolute atomic E-state index is 0.00932. The van der Waals surface area contributed by atoms with Crippen molar-refractivity contribution in [1.82, 2.24) is 4.90 Å². The number of hydrogen-bond acceptors (Lipinski definition) is 7. The molecule has 2 aromatic carbocycles. The van der Waals surface area contributed by atoms with Gasteiger partial charge in [-0.15, -0.1) is 13.2 Å². The highest BCUT2D eigenvalue weighted by Gasteiger charge is 2.68. The van der Waals surface area contributed by atoms with E-state index in [1.165, 1.54) is 0 Å². The normalized spacial score (nSPS) is 29.3. The molecular weight excluding hydrogens is 597 g/mol. The number of carbonyl (C=O) groups excluding carboxylic acids is 4. The Bertz CT molecular complexity index is 1640. The lowest BCUT2D eigenvalue weighted by atomic mass is 9.51. The summed E-state index contributed by atoms with van der Waals surface area (Å²) in [7, 11) is 0. The Hall–Kier alpha value is -4.68. The number of benzene rings is 2. The fourth-order valence-corrected chi connectivity index (χ4v) is 7.82. The third-order valence-corrected chi connectivity index (χ3v) is 9.70. The number of carboxylic acids is 1.